The molecule has 1 N–H and O–H groups in total. The standard InChI is InChI=1S/C8H15NO4.ClH/c1-6(10)12-5-8(4-9-3)13-7(2)11;/h8-9H,4-5H2,1-3H3;1H. The van der Waals surface area contributed by atoms with E-state index in [0.717, 1.165) is 0 Å². The van der Waals surface area contributed by atoms with Gasteiger partial charge in [-0.15, -0.1) is 12.4 Å². The van der Waals surface area contributed by atoms with Gasteiger partial charge in [0.1, 0.15) is 12.7 Å². The van der Waals surface area contributed by atoms with E-state index in [1.807, 2.05) is 0 Å². The first-order chi connectivity index (χ1) is 6.06. The van der Waals surface area contributed by atoms with Gasteiger partial charge in [-0.3, -0.25) is 9.59 Å². The third kappa shape index (κ3) is 9.28. The predicted molar refractivity (Wildman–Crippen MR) is 53.4 cm³/mol. The number of rotatable bonds is 5. The second-order valence-electron chi connectivity index (χ2n) is 2.59. The van der Waals surface area contributed by atoms with Crippen LogP contribution in [0.1, 0.15) is 13.8 Å². The van der Waals surface area contributed by atoms with Crippen LogP contribution in [-0.4, -0.2) is 38.2 Å². The summed E-state index contributed by atoms with van der Waals surface area (Å²) in [5.41, 5.74) is 0. The lowest BCUT2D eigenvalue weighted by molar-refractivity contribution is -0.155. The van der Waals surface area contributed by atoms with Gasteiger partial charge < -0.3 is 14.8 Å². The number of carbonyl (C=O) groups is 2. The van der Waals surface area contributed by atoms with Crippen molar-refractivity contribution in [1.29, 1.82) is 0 Å². The van der Waals surface area contributed by atoms with Gasteiger partial charge >= 0.3 is 11.9 Å². The Morgan fingerprint density at radius 1 is 1.29 bits per heavy atom. The smallest absolute Gasteiger partial charge is 0.303 e. The average Bonchev–Trinajstić information content (AvgIpc) is 1.99. The molecule has 0 spiro atoms. The number of ether oxygens (including phenoxy) is 2. The fourth-order valence-corrected chi connectivity index (χ4v) is 0.807. The van der Waals surface area contributed by atoms with E-state index in [0.29, 0.717) is 6.54 Å². The van der Waals surface area contributed by atoms with Gasteiger partial charge in [-0.2, -0.15) is 0 Å². The van der Waals surface area contributed by atoms with E-state index in [1.54, 1.807) is 7.05 Å². The fourth-order valence-electron chi connectivity index (χ4n) is 0.807. The first kappa shape index (κ1) is 15.7. The van der Waals surface area contributed by atoms with Gasteiger partial charge in [-0.05, 0) is 7.05 Å². The Kier molecular flexibility index (Phi) is 9.81. The van der Waals surface area contributed by atoms with Crippen LogP contribution in [0.15, 0.2) is 0 Å². The molecule has 1 unspecified atom stereocenters. The fraction of sp³-hybridized carbons (Fsp3) is 0.750. The van der Waals surface area contributed by atoms with Crippen LogP contribution in [0, 0.1) is 0 Å². The van der Waals surface area contributed by atoms with E-state index in [1.165, 1.54) is 13.8 Å². The molecule has 0 rings (SSSR count). The molecule has 0 saturated carbocycles. The maximum atomic E-state index is 10.6. The van der Waals surface area contributed by atoms with Crippen molar-refractivity contribution < 1.29 is 19.1 Å². The van der Waals surface area contributed by atoms with E-state index in [4.69, 9.17) is 9.47 Å². The first-order valence-corrected chi connectivity index (χ1v) is 4.01. The van der Waals surface area contributed by atoms with Crippen molar-refractivity contribution in [3.63, 3.8) is 0 Å². The Morgan fingerprint density at radius 2 is 1.86 bits per heavy atom. The lowest BCUT2D eigenvalue weighted by atomic mass is 10.4. The summed E-state index contributed by atoms with van der Waals surface area (Å²) in [5.74, 6) is -0.763. The van der Waals surface area contributed by atoms with Crippen molar-refractivity contribution in [3.05, 3.63) is 0 Å². The minimum Gasteiger partial charge on any atom is -0.462 e. The number of carbonyl (C=O) groups excluding carboxylic acids is 2. The first-order valence-electron chi connectivity index (χ1n) is 4.01. The van der Waals surface area contributed by atoms with E-state index < -0.39 is 6.10 Å². The summed E-state index contributed by atoms with van der Waals surface area (Å²) >= 11 is 0. The zero-order valence-corrected chi connectivity index (χ0v) is 9.35. The third-order valence-corrected chi connectivity index (χ3v) is 1.24. The Balaban J connectivity index is 0. The maximum Gasteiger partial charge on any atom is 0.303 e. The lowest BCUT2D eigenvalue weighted by Crippen LogP contribution is -2.33. The molecule has 14 heavy (non-hydrogen) atoms. The summed E-state index contributed by atoms with van der Waals surface area (Å²) in [4.78, 5) is 21.0. The number of hydrogen-bond donors (Lipinski definition) is 1. The minimum atomic E-state index is -0.411. The molecule has 0 aliphatic heterocycles. The van der Waals surface area contributed by atoms with Gasteiger partial charge in [-0.1, -0.05) is 0 Å². The molecule has 1 atom stereocenters. The summed E-state index contributed by atoms with van der Waals surface area (Å²) in [5, 5.41) is 2.83. The van der Waals surface area contributed by atoms with Crippen LogP contribution in [0.25, 0.3) is 0 Å². The topological polar surface area (TPSA) is 64.6 Å². The molecule has 0 aliphatic carbocycles. The molecule has 0 aromatic heterocycles. The molecule has 0 fully saturated rings. The summed E-state index contributed by atoms with van der Waals surface area (Å²) in [6.07, 6.45) is -0.411. The molecule has 5 nitrogen and oxygen atoms in total. The normalized spacial score (nSPS) is 11.1. The molecule has 0 aromatic rings. The highest BCUT2D eigenvalue weighted by molar-refractivity contribution is 5.85. The van der Waals surface area contributed by atoms with E-state index in [9.17, 15) is 9.59 Å². The molecule has 84 valence electrons. The van der Waals surface area contributed by atoms with Gasteiger partial charge in [0.05, 0.1) is 0 Å². The van der Waals surface area contributed by atoms with E-state index in [-0.39, 0.29) is 31.0 Å². The second-order valence-corrected chi connectivity index (χ2v) is 2.59. The average molecular weight is 226 g/mol. The van der Waals surface area contributed by atoms with Crippen molar-refractivity contribution in [2.45, 2.75) is 20.0 Å². The van der Waals surface area contributed by atoms with Crippen LogP contribution in [0.4, 0.5) is 0 Å². The molecule has 0 amide bonds. The SMILES string of the molecule is CNCC(COC(C)=O)OC(C)=O.Cl. The van der Waals surface area contributed by atoms with Crippen LogP contribution < -0.4 is 5.32 Å². The van der Waals surface area contributed by atoms with Crippen molar-refractivity contribution in [2.75, 3.05) is 20.2 Å². The van der Waals surface area contributed by atoms with Gasteiger partial charge in [0.25, 0.3) is 0 Å². The van der Waals surface area contributed by atoms with Crippen LogP contribution in [0.2, 0.25) is 0 Å². The Hall–Kier alpha value is -0.810. The van der Waals surface area contributed by atoms with Gasteiger partial charge in [0.15, 0.2) is 0 Å². The monoisotopic (exact) mass is 225 g/mol. The minimum absolute atomic E-state index is 0. The van der Waals surface area contributed by atoms with Crippen molar-refractivity contribution in [1.82, 2.24) is 5.32 Å². The second kappa shape index (κ2) is 8.77. The Morgan fingerprint density at radius 3 is 2.21 bits per heavy atom. The van der Waals surface area contributed by atoms with Crippen molar-refractivity contribution in [3.8, 4) is 0 Å². The Bertz CT molecular complexity index is 186. The van der Waals surface area contributed by atoms with Gasteiger partial charge in [0.2, 0.25) is 0 Å². The van der Waals surface area contributed by atoms with Crippen LogP contribution in [0.5, 0.6) is 0 Å². The summed E-state index contributed by atoms with van der Waals surface area (Å²) in [6, 6.07) is 0. The third-order valence-electron chi connectivity index (χ3n) is 1.24. The molecule has 0 bridgehead atoms. The molecule has 0 heterocycles. The number of likely N-dealkylation sites (N-methyl/N-ethyl adjacent to an activating group) is 1. The van der Waals surface area contributed by atoms with E-state index in [2.05, 4.69) is 5.32 Å². The van der Waals surface area contributed by atoms with Crippen LogP contribution in [0.3, 0.4) is 0 Å². The highest BCUT2D eigenvalue weighted by atomic mass is 35.5. The zero-order chi connectivity index (χ0) is 10.3. The number of hydrogen-bond acceptors (Lipinski definition) is 5. The van der Waals surface area contributed by atoms with Crippen LogP contribution >= 0.6 is 12.4 Å². The lowest BCUT2D eigenvalue weighted by Gasteiger charge is -2.15. The van der Waals surface area contributed by atoms with E-state index >= 15 is 0 Å². The largest absolute Gasteiger partial charge is 0.462 e. The zero-order valence-electron chi connectivity index (χ0n) is 8.53. The van der Waals surface area contributed by atoms with Gasteiger partial charge in [0, 0.05) is 20.4 Å². The number of halogens is 1. The quantitative estimate of drug-likeness (QED) is 0.674. The molecule has 0 radical (unpaired) electrons. The number of nitrogens with one attached hydrogen (secondary N) is 1. The predicted octanol–water partition coefficient (Wildman–Crippen LogP) is 0.122. The molecule has 0 aliphatic rings. The highest BCUT2D eigenvalue weighted by Crippen LogP contribution is 1.93. The maximum absolute atomic E-state index is 10.6. The summed E-state index contributed by atoms with van der Waals surface area (Å²) in [7, 11) is 1.73. The molecular formula is C8H16ClNO4. The van der Waals surface area contributed by atoms with Gasteiger partial charge in [-0.25, -0.2) is 0 Å². The molecule has 6 heteroatoms. The highest BCUT2D eigenvalue weighted by Gasteiger charge is 2.12. The molecular weight excluding hydrogens is 210 g/mol. The molecule has 0 saturated heterocycles. The number of esters is 2. The summed E-state index contributed by atoms with van der Waals surface area (Å²) in [6.45, 7) is 3.18. The summed E-state index contributed by atoms with van der Waals surface area (Å²) < 4.78 is 9.56. The van der Waals surface area contributed by atoms with Crippen LogP contribution in [-0.2, 0) is 19.1 Å². The molecule has 0 aromatic carbocycles. The van der Waals surface area contributed by atoms with Crippen molar-refractivity contribution in [2.24, 2.45) is 0 Å². The van der Waals surface area contributed by atoms with Crippen molar-refractivity contribution >= 4 is 24.3 Å². The Labute approximate surface area is 89.5 Å².